The number of carbonyl (C=O) groups is 1. The van der Waals surface area contributed by atoms with Gasteiger partial charge in [0.05, 0.1) is 11.3 Å². The number of rotatable bonds is 11. The zero-order valence-electron chi connectivity index (χ0n) is 19.7. The molecule has 0 saturated heterocycles. The number of halogens is 3. The lowest BCUT2D eigenvalue weighted by atomic mass is 9.82. The van der Waals surface area contributed by atoms with Gasteiger partial charge in [-0.25, -0.2) is 4.39 Å². The first kappa shape index (κ1) is 25.5. The van der Waals surface area contributed by atoms with E-state index in [1.807, 2.05) is 13.8 Å². The zero-order valence-corrected chi connectivity index (χ0v) is 19.7. The first-order valence-electron chi connectivity index (χ1n) is 11.7. The molecule has 0 amide bonds. The predicted molar refractivity (Wildman–Crippen MR) is 125 cm³/mol. The fourth-order valence-electron chi connectivity index (χ4n) is 4.25. The molecule has 2 aromatic rings. The summed E-state index contributed by atoms with van der Waals surface area (Å²) in [5.74, 6) is -0.935. The van der Waals surface area contributed by atoms with Gasteiger partial charge >= 0.3 is 6.61 Å². The molecule has 0 bridgehead atoms. The third kappa shape index (κ3) is 6.05. The molecule has 1 heterocycles. The number of nitriles is 1. The molecule has 4 nitrogen and oxygen atoms in total. The van der Waals surface area contributed by atoms with Gasteiger partial charge in [-0.2, -0.15) is 14.0 Å². The predicted octanol–water partition coefficient (Wildman–Crippen LogP) is 7.37. The number of Topliss-reactive ketones (excluding diaryl/α,β-unsaturated/α-hetero) is 1. The maximum absolute atomic E-state index is 14.6. The molecule has 1 fully saturated rings. The standard InChI is InChI=1S/C27H29F3N2O2/c1-4-6-24(33)19-9-10-23(32-15-19)26(18(5-2)12-17-7-8-17)21(14-31)20-13-22(28)25(11-16(20)3)34-27(29)30/h9-11,13,15,17-18,27H,4-8,12H2,1-3H3. The minimum Gasteiger partial charge on any atom is -0.432 e. The highest BCUT2D eigenvalue weighted by Gasteiger charge is 2.30. The zero-order chi connectivity index (χ0) is 24.8. The Morgan fingerprint density at radius 3 is 2.53 bits per heavy atom. The minimum absolute atomic E-state index is 0.00476. The van der Waals surface area contributed by atoms with Crippen molar-refractivity contribution in [1.29, 1.82) is 5.26 Å². The maximum Gasteiger partial charge on any atom is 0.387 e. The van der Waals surface area contributed by atoms with E-state index in [0.29, 0.717) is 40.3 Å². The molecule has 180 valence electrons. The van der Waals surface area contributed by atoms with Gasteiger partial charge in [0.25, 0.3) is 0 Å². The molecule has 1 atom stereocenters. The van der Waals surface area contributed by atoms with Crippen LogP contribution in [0.1, 0.15) is 79.6 Å². The number of alkyl halides is 2. The van der Waals surface area contributed by atoms with E-state index in [1.165, 1.54) is 12.3 Å². The number of aryl methyl sites for hydroxylation is 1. The molecule has 1 saturated carbocycles. The largest absolute Gasteiger partial charge is 0.432 e. The summed E-state index contributed by atoms with van der Waals surface area (Å²) in [6, 6.07) is 7.95. The highest BCUT2D eigenvalue weighted by molar-refractivity contribution is 5.99. The molecule has 7 heteroatoms. The molecule has 1 aromatic heterocycles. The quantitative estimate of drug-likeness (QED) is 0.254. The lowest BCUT2D eigenvalue weighted by molar-refractivity contribution is -0.0522. The summed E-state index contributed by atoms with van der Waals surface area (Å²) >= 11 is 0. The third-order valence-electron chi connectivity index (χ3n) is 6.20. The summed E-state index contributed by atoms with van der Waals surface area (Å²) < 4.78 is 44.2. The molecule has 0 spiro atoms. The Bertz CT molecular complexity index is 1100. The number of carbonyl (C=O) groups excluding carboxylic acids is 1. The summed E-state index contributed by atoms with van der Waals surface area (Å²) in [7, 11) is 0. The van der Waals surface area contributed by atoms with Crippen molar-refractivity contribution < 1.29 is 22.7 Å². The van der Waals surface area contributed by atoms with Crippen molar-refractivity contribution in [2.45, 2.75) is 65.9 Å². The fourth-order valence-corrected chi connectivity index (χ4v) is 4.25. The lowest BCUT2D eigenvalue weighted by Crippen LogP contribution is -2.10. The number of ketones is 1. The fraction of sp³-hybridized carbons (Fsp3) is 0.444. The summed E-state index contributed by atoms with van der Waals surface area (Å²) in [4.78, 5) is 16.8. The van der Waals surface area contributed by atoms with Gasteiger partial charge in [0, 0.05) is 18.2 Å². The molecule has 34 heavy (non-hydrogen) atoms. The Hall–Kier alpha value is -3.14. The van der Waals surface area contributed by atoms with Crippen LogP contribution in [0.25, 0.3) is 11.1 Å². The van der Waals surface area contributed by atoms with Crippen molar-refractivity contribution in [3.8, 4) is 11.8 Å². The number of hydrogen-bond donors (Lipinski definition) is 0. The molecule has 1 aromatic carbocycles. The van der Waals surface area contributed by atoms with Crippen LogP contribution in [0.15, 0.2) is 30.5 Å². The average molecular weight is 471 g/mol. The number of allylic oxidation sites excluding steroid dienone is 2. The highest BCUT2D eigenvalue weighted by atomic mass is 19.3. The summed E-state index contributed by atoms with van der Waals surface area (Å²) in [5, 5.41) is 10.2. The van der Waals surface area contributed by atoms with E-state index < -0.39 is 18.2 Å². The van der Waals surface area contributed by atoms with Gasteiger partial charge in [0.15, 0.2) is 17.3 Å². The van der Waals surface area contributed by atoms with E-state index in [2.05, 4.69) is 15.8 Å². The number of aromatic nitrogens is 1. The van der Waals surface area contributed by atoms with Gasteiger partial charge in [0.1, 0.15) is 6.07 Å². The van der Waals surface area contributed by atoms with Crippen molar-refractivity contribution >= 4 is 16.9 Å². The number of nitrogens with zero attached hydrogens (tertiary/aromatic N) is 2. The van der Waals surface area contributed by atoms with E-state index >= 15 is 0 Å². The summed E-state index contributed by atoms with van der Waals surface area (Å²) in [5.41, 5.74) is 2.78. The minimum atomic E-state index is -3.15. The van der Waals surface area contributed by atoms with Gasteiger partial charge in [-0.15, -0.1) is 0 Å². The highest BCUT2D eigenvalue weighted by Crippen LogP contribution is 2.43. The lowest BCUT2D eigenvalue weighted by Gasteiger charge is -2.22. The van der Waals surface area contributed by atoms with Gasteiger partial charge in [-0.05, 0) is 79.0 Å². The first-order valence-corrected chi connectivity index (χ1v) is 11.7. The van der Waals surface area contributed by atoms with Crippen molar-refractivity contribution in [2.24, 2.45) is 11.8 Å². The normalized spacial score (nSPS) is 15.0. The number of ether oxygens (including phenoxy) is 1. The van der Waals surface area contributed by atoms with Crippen molar-refractivity contribution in [3.63, 3.8) is 0 Å². The molecule has 0 N–H and O–H groups in total. The van der Waals surface area contributed by atoms with Gasteiger partial charge in [0.2, 0.25) is 0 Å². The van der Waals surface area contributed by atoms with Crippen LogP contribution in [0.2, 0.25) is 0 Å². The van der Waals surface area contributed by atoms with Crippen LogP contribution in [0.3, 0.4) is 0 Å². The van der Waals surface area contributed by atoms with Crippen molar-refractivity contribution in [2.75, 3.05) is 0 Å². The molecule has 1 unspecified atom stereocenters. The van der Waals surface area contributed by atoms with Crippen LogP contribution in [-0.4, -0.2) is 17.4 Å². The summed E-state index contributed by atoms with van der Waals surface area (Å²) in [6.07, 6.45) is 6.59. The van der Waals surface area contributed by atoms with Crippen LogP contribution < -0.4 is 4.74 Å². The van der Waals surface area contributed by atoms with Gasteiger partial charge < -0.3 is 4.74 Å². The van der Waals surface area contributed by atoms with Crippen LogP contribution in [0.5, 0.6) is 5.75 Å². The Balaban J connectivity index is 2.15. The van der Waals surface area contributed by atoms with Crippen molar-refractivity contribution in [3.05, 3.63) is 58.7 Å². The number of benzene rings is 1. The van der Waals surface area contributed by atoms with E-state index in [1.54, 1.807) is 19.1 Å². The van der Waals surface area contributed by atoms with E-state index in [0.717, 1.165) is 38.2 Å². The van der Waals surface area contributed by atoms with Crippen LogP contribution in [0, 0.1) is 35.9 Å². The molecule has 3 rings (SSSR count). The first-order chi connectivity index (χ1) is 16.3. The van der Waals surface area contributed by atoms with Gasteiger partial charge in [-0.1, -0.05) is 26.7 Å². The second-order valence-corrected chi connectivity index (χ2v) is 8.77. The molecular formula is C27H29F3N2O2. The Kier molecular flexibility index (Phi) is 8.49. The van der Waals surface area contributed by atoms with Crippen LogP contribution in [0.4, 0.5) is 13.2 Å². The third-order valence-corrected chi connectivity index (χ3v) is 6.20. The second-order valence-electron chi connectivity index (χ2n) is 8.77. The van der Waals surface area contributed by atoms with Crippen LogP contribution >= 0.6 is 0 Å². The maximum atomic E-state index is 14.6. The average Bonchev–Trinajstić information content (AvgIpc) is 3.63. The van der Waals surface area contributed by atoms with Crippen LogP contribution in [-0.2, 0) is 0 Å². The monoisotopic (exact) mass is 470 g/mol. The van der Waals surface area contributed by atoms with Gasteiger partial charge in [-0.3, -0.25) is 9.78 Å². The van der Waals surface area contributed by atoms with Crippen molar-refractivity contribution in [1.82, 2.24) is 4.98 Å². The molecule has 0 radical (unpaired) electrons. The Morgan fingerprint density at radius 1 is 1.26 bits per heavy atom. The topological polar surface area (TPSA) is 63.0 Å². The molecule has 1 aliphatic carbocycles. The molecule has 0 aliphatic heterocycles. The SMILES string of the molecule is CCCC(=O)c1ccc(C(=C(C#N)c2cc(F)c(OC(F)F)cc2C)C(CC)CC2CC2)nc1. The van der Waals surface area contributed by atoms with E-state index in [-0.39, 0.29) is 17.3 Å². The smallest absolute Gasteiger partial charge is 0.387 e. The summed E-state index contributed by atoms with van der Waals surface area (Å²) in [6.45, 7) is 2.45. The molecule has 1 aliphatic rings. The molecular weight excluding hydrogens is 441 g/mol. The van der Waals surface area contributed by atoms with E-state index in [4.69, 9.17) is 0 Å². The Morgan fingerprint density at radius 2 is 2.00 bits per heavy atom. The number of pyridine rings is 1. The Labute approximate surface area is 198 Å². The number of hydrogen-bond acceptors (Lipinski definition) is 4. The second kappa shape index (κ2) is 11.3. The van der Waals surface area contributed by atoms with E-state index in [9.17, 15) is 23.2 Å².